The standard InChI is InChI=1S/C9H9N3O2/c1-7-2-12-9(4-11-7)13-5-8-3-10-6-14-8/h2-4,6H,5H2,1H3. The summed E-state index contributed by atoms with van der Waals surface area (Å²) in [5, 5.41) is 0. The number of rotatable bonds is 3. The molecule has 5 heteroatoms. The number of hydrogen-bond donors (Lipinski definition) is 0. The molecule has 0 amide bonds. The quantitative estimate of drug-likeness (QED) is 0.732. The van der Waals surface area contributed by atoms with Crippen LogP contribution in [0.2, 0.25) is 0 Å². The van der Waals surface area contributed by atoms with Crippen LogP contribution in [0.25, 0.3) is 0 Å². The molecule has 0 saturated carbocycles. The van der Waals surface area contributed by atoms with Gasteiger partial charge in [0.25, 0.3) is 0 Å². The Morgan fingerprint density at radius 3 is 2.86 bits per heavy atom. The summed E-state index contributed by atoms with van der Waals surface area (Å²) in [6.45, 7) is 2.19. The van der Waals surface area contributed by atoms with Crippen LogP contribution in [0.5, 0.6) is 5.88 Å². The fourth-order valence-electron chi connectivity index (χ4n) is 0.914. The molecule has 2 heterocycles. The Hall–Kier alpha value is -1.91. The highest BCUT2D eigenvalue weighted by Crippen LogP contribution is 2.06. The van der Waals surface area contributed by atoms with Gasteiger partial charge in [0, 0.05) is 0 Å². The van der Waals surface area contributed by atoms with Crippen molar-refractivity contribution in [2.75, 3.05) is 0 Å². The topological polar surface area (TPSA) is 61.0 Å². The van der Waals surface area contributed by atoms with Gasteiger partial charge in [0.2, 0.25) is 5.88 Å². The van der Waals surface area contributed by atoms with Gasteiger partial charge in [-0.15, -0.1) is 0 Å². The highest BCUT2D eigenvalue weighted by molar-refractivity contribution is 5.06. The summed E-state index contributed by atoms with van der Waals surface area (Å²) in [4.78, 5) is 11.8. The first-order valence-electron chi connectivity index (χ1n) is 4.13. The van der Waals surface area contributed by atoms with Crippen molar-refractivity contribution in [2.24, 2.45) is 0 Å². The van der Waals surface area contributed by atoms with E-state index in [2.05, 4.69) is 15.0 Å². The third-order valence-electron chi connectivity index (χ3n) is 1.60. The van der Waals surface area contributed by atoms with Crippen LogP contribution in [-0.4, -0.2) is 15.0 Å². The monoisotopic (exact) mass is 191 g/mol. The summed E-state index contributed by atoms with van der Waals surface area (Å²) in [5.41, 5.74) is 0.858. The molecule has 2 aromatic heterocycles. The maximum Gasteiger partial charge on any atom is 0.232 e. The van der Waals surface area contributed by atoms with Crippen molar-refractivity contribution in [3.8, 4) is 5.88 Å². The first-order valence-corrected chi connectivity index (χ1v) is 4.13. The Balaban J connectivity index is 1.95. The van der Waals surface area contributed by atoms with Crippen molar-refractivity contribution >= 4 is 0 Å². The molecular formula is C9H9N3O2. The molecule has 0 saturated heterocycles. The van der Waals surface area contributed by atoms with Crippen LogP contribution in [0, 0.1) is 6.92 Å². The molecule has 0 N–H and O–H groups in total. The average Bonchev–Trinajstić information content (AvgIpc) is 2.70. The lowest BCUT2D eigenvalue weighted by molar-refractivity contribution is 0.259. The second-order valence-electron chi connectivity index (χ2n) is 2.75. The third kappa shape index (κ3) is 2.07. The molecule has 0 bridgehead atoms. The second-order valence-corrected chi connectivity index (χ2v) is 2.75. The number of nitrogens with zero attached hydrogens (tertiary/aromatic N) is 3. The minimum absolute atomic E-state index is 0.317. The molecular weight excluding hydrogens is 182 g/mol. The van der Waals surface area contributed by atoms with Crippen molar-refractivity contribution < 1.29 is 9.15 Å². The Kier molecular flexibility index (Phi) is 2.40. The number of ether oxygens (including phenoxy) is 1. The van der Waals surface area contributed by atoms with Crippen molar-refractivity contribution in [1.82, 2.24) is 15.0 Å². The van der Waals surface area contributed by atoms with E-state index in [4.69, 9.17) is 9.15 Å². The molecule has 0 atom stereocenters. The van der Waals surface area contributed by atoms with Crippen LogP contribution >= 0.6 is 0 Å². The summed E-state index contributed by atoms with van der Waals surface area (Å²) in [6, 6.07) is 0. The molecule has 0 radical (unpaired) electrons. The van der Waals surface area contributed by atoms with E-state index >= 15 is 0 Å². The number of aromatic nitrogens is 3. The Morgan fingerprint density at radius 2 is 2.21 bits per heavy atom. The van der Waals surface area contributed by atoms with Gasteiger partial charge in [0.15, 0.2) is 12.2 Å². The van der Waals surface area contributed by atoms with E-state index in [0.717, 1.165) is 5.69 Å². The first kappa shape index (κ1) is 8.68. The fourth-order valence-corrected chi connectivity index (χ4v) is 0.914. The van der Waals surface area contributed by atoms with Gasteiger partial charge in [-0.3, -0.25) is 4.98 Å². The molecule has 0 aliphatic rings. The molecule has 2 rings (SSSR count). The fraction of sp³-hybridized carbons (Fsp3) is 0.222. The number of aryl methyl sites for hydroxylation is 1. The lowest BCUT2D eigenvalue weighted by Crippen LogP contribution is -1.96. The van der Waals surface area contributed by atoms with E-state index < -0.39 is 0 Å². The zero-order chi connectivity index (χ0) is 9.80. The van der Waals surface area contributed by atoms with Crippen LogP contribution < -0.4 is 4.74 Å². The van der Waals surface area contributed by atoms with Crippen molar-refractivity contribution in [3.05, 3.63) is 36.4 Å². The summed E-state index contributed by atoms with van der Waals surface area (Å²) in [7, 11) is 0. The molecule has 0 aromatic carbocycles. The molecule has 2 aromatic rings. The van der Waals surface area contributed by atoms with E-state index in [1.807, 2.05) is 6.92 Å². The van der Waals surface area contributed by atoms with E-state index in [-0.39, 0.29) is 0 Å². The van der Waals surface area contributed by atoms with Gasteiger partial charge in [0.1, 0.15) is 6.61 Å². The number of oxazole rings is 1. The highest BCUT2D eigenvalue weighted by atomic mass is 16.5. The van der Waals surface area contributed by atoms with Crippen molar-refractivity contribution in [1.29, 1.82) is 0 Å². The van der Waals surface area contributed by atoms with Gasteiger partial charge < -0.3 is 9.15 Å². The van der Waals surface area contributed by atoms with Crippen LogP contribution in [0.15, 0.2) is 29.4 Å². The van der Waals surface area contributed by atoms with Crippen molar-refractivity contribution in [2.45, 2.75) is 13.5 Å². The minimum Gasteiger partial charge on any atom is -0.468 e. The first-order chi connectivity index (χ1) is 6.84. The van der Waals surface area contributed by atoms with Crippen LogP contribution in [-0.2, 0) is 6.61 Å². The van der Waals surface area contributed by atoms with Gasteiger partial charge in [0.05, 0.1) is 24.3 Å². The summed E-state index contributed by atoms with van der Waals surface area (Å²) in [6.07, 6.45) is 6.18. The van der Waals surface area contributed by atoms with Gasteiger partial charge in [-0.25, -0.2) is 9.97 Å². The van der Waals surface area contributed by atoms with E-state index in [1.165, 1.54) is 6.39 Å². The third-order valence-corrected chi connectivity index (χ3v) is 1.60. The second kappa shape index (κ2) is 3.87. The molecule has 72 valence electrons. The zero-order valence-corrected chi connectivity index (χ0v) is 7.67. The minimum atomic E-state index is 0.317. The molecule has 0 unspecified atom stereocenters. The lowest BCUT2D eigenvalue weighted by Gasteiger charge is -2.01. The molecule has 0 fully saturated rings. The molecule has 0 aliphatic heterocycles. The molecule has 14 heavy (non-hydrogen) atoms. The highest BCUT2D eigenvalue weighted by Gasteiger charge is 1.99. The predicted octanol–water partition coefficient (Wildman–Crippen LogP) is 1.35. The maximum absolute atomic E-state index is 5.30. The summed E-state index contributed by atoms with van der Waals surface area (Å²) >= 11 is 0. The zero-order valence-electron chi connectivity index (χ0n) is 7.67. The van der Waals surface area contributed by atoms with Gasteiger partial charge in [-0.05, 0) is 6.92 Å². The van der Waals surface area contributed by atoms with E-state index in [0.29, 0.717) is 18.2 Å². The van der Waals surface area contributed by atoms with Crippen LogP contribution in [0.1, 0.15) is 11.5 Å². The van der Waals surface area contributed by atoms with Crippen LogP contribution in [0.3, 0.4) is 0 Å². The largest absolute Gasteiger partial charge is 0.468 e. The lowest BCUT2D eigenvalue weighted by atomic mass is 10.5. The maximum atomic E-state index is 5.30. The smallest absolute Gasteiger partial charge is 0.232 e. The van der Waals surface area contributed by atoms with E-state index in [9.17, 15) is 0 Å². The van der Waals surface area contributed by atoms with Gasteiger partial charge in [-0.2, -0.15) is 0 Å². The Bertz CT molecular complexity index is 383. The van der Waals surface area contributed by atoms with Gasteiger partial charge in [-0.1, -0.05) is 0 Å². The van der Waals surface area contributed by atoms with E-state index in [1.54, 1.807) is 18.6 Å². The molecule has 0 spiro atoms. The molecule has 0 aliphatic carbocycles. The SMILES string of the molecule is Cc1cnc(OCc2cnco2)cn1. The Labute approximate surface area is 80.8 Å². The summed E-state index contributed by atoms with van der Waals surface area (Å²) in [5.74, 6) is 1.14. The number of hydrogen-bond acceptors (Lipinski definition) is 5. The van der Waals surface area contributed by atoms with Crippen LogP contribution in [0.4, 0.5) is 0 Å². The molecule has 5 nitrogen and oxygen atoms in total. The average molecular weight is 191 g/mol. The predicted molar refractivity (Wildman–Crippen MR) is 47.6 cm³/mol. The Morgan fingerprint density at radius 1 is 1.29 bits per heavy atom. The van der Waals surface area contributed by atoms with Crippen molar-refractivity contribution in [3.63, 3.8) is 0 Å². The normalized spacial score (nSPS) is 10.1. The summed E-state index contributed by atoms with van der Waals surface area (Å²) < 4.78 is 10.3. The van der Waals surface area contributed by atoms with Gasteiger partial charge >= 0.3 is 0 Å².